The van der Waals surface area contributed by atoms with Gasteiger partial charge >= 0.3 is 0 Å². The summed E-state index contributed by atoms with van der Waals surface area (Å²) in [6.07, 6.45) is 0. The van der Waals surface area contributed by atoms with Crippen molar-refractivity contribution in [3.05, 3.63) is 22.2 Å². The van der Waals surface area contributed by atoms with Gasteiger partial charge in [0.1, 0.15) is 5.60 Å². The highest BCUT2D eigenvalue weighted by molar-refractivity contribution is 9.10. The number of nitrogen functional groups attached to an aromatic ring is 1. The molecule has 17 heavy (non-hydrogen) atoms. The van der Waals surface area contributed by atoms with Crippen LogP contribution < -0.4 is 11.1 Å². The van der Waals surface area contributed by atoms with Gasteiger partial charge in [0.2, 0.25) is 0 Å². The van der Waals surface area contributed by atoms with Gasteiger partial charge in [-0.05, 0) is 38.5 Å². The number of rotatable bonds is 3. The molecule has 0 saturated carbocycles. The predicted molar refractivity (Wildman–Crippen MR) is 73.0 cm³/mol. The van der Waals surface area contributed by atoms with Crippen LogP contribution in [0.2, 0.25) is 0 Å². The Morgan fingerprint density at radius 1 is 1.47 bits per heavy atom. The van der Waals surface area contributed by atoms with Crippen molar-refractivity contribution < 1.29 is 9.53 Å². The molecule has 0 aliphatic rings. The lowest BCUT2D eigenvalue weighted by Crippen LogP contribution is -2.39. The van der Waals surface area contributed by atoms with Gasteiger partial charge in [-0.15, -0.1) is 0 Å². The summed E-state index contributed by atoms with van der Waals surface area (Å²) in [5, 5.41) is 2.79. The number of carbonyl (C=O) groups is 1. The van der Waals surface area contributed by atoms with E-state index in [1.807, 2.05) is 13.0 Å². The molecular formula is C12H17BrN2O2. The zero-order chi connectivity index (χ0) is 13.2. The second kappa shape index (κ2) is 5.06. The molecule has 5 heteroatoms. The maximum atomic E-state index is 12.0. The first-order valence-corrected chi connectivity index (χ1v) is 5.99. The van der Waals surface area contributed by atoms with Crippen LogP contribution >= 0.6 is 15.9 Å². The van der Waals surface area contributed by atoms with Crippen LogP contribution in [0.1, 0.15) is 19.4 Å². The maximum Gasteiger partial charge on any atom is 0.256 e. The van der Waals surface area contributed by atoms with Crippen molar-refractivity contribution in [3.8, 4) is 0 Å². The number of nitrogens with two attached hydrogens (primary N) is 1. The van der Waals surface area contributed by atoms with Crippen LogP contribution in [0, 0.1) is 6.92 Å². The number of carbonyl (C=O) groups excluding carboxylic acids is 1. The number of nitrogens with one attached hydrogen (secondary N) is 1. The van der Waals surface area contributed by atoms with Gasteiger partial charge < -0.3 is 15.8 Å². The van der Waals surface area contributed by atoms with E-state index in [-0.39, 0.29) is 5.91 Å². The van der Waals surface area contributed by atoms with Crippen LogP contribution in [-0.4, -0.2) is 18.6 Å². The van der Waals surface area contributed by atoms with E-state index in [4.69, 9.17) is 10.5 Å². The third kappa shape index (κ3) is 3.20. The molecule has 0 bridgehead atoms. The van der Waals surface area contributed by atoms with E-state index < -0.39 is 5.60 Å². The lowest BCUT2D eigenvalue weighted by molar-refractivity contribution is -0.133. The number of aryl methyl sites for hydroxylation is 1. The lowest BCUT2D eigenvalue weighted by Gasteiger charge is -2.23. The SMILES string of the molecule is COC(C)(C)C(=O)Nc1c(C)cc(Br)cc1N. The molecule has 0 radical (unpaired) electrons. The molecule has 0 spiro atoms. The molecule has 4 nitrogen and oxygen atoms in total. The molecule has 0 aliphatic carbocycles. The molecule has 0 atom stereocenters. The summed E-state index contributed by atoms with van der Waals surface area (Å²) >= 11 is 3.35. The molecule has 1 rings (SSSR count). The smallest absolute Gasteiger partial charge is 0.256 e. The molecule has 0 fully saturated rings. The van der Waals surface area contributed by atoms with Crippen molar-refractivity contribution in [2.75, 3.05) is 18.2 Å². The Bertz CT molecular complexity index is 421. The minimum Gasteiger partial charge on any atom is -0.397 e. The minimum atomic E-state index is -0.883. The van der Waals surface area contributed by atoms with E-state index in [1.165, 1.54) is 7.11 Å². The second-order valence-electron chi connectivity index (χ2n) is 4.36. The van der Waals surface area contributed by atoms with Gasteiger partial charge in [0.25, 0.3) is 5.91 Å². The Kier molecular flexibility index (Phi) is 4.16. The summed E-state index contributed by atoms with van der Waals surface area (Å²) in [5.41, 5.74) is 7.04. The highest BCUT2D eigenvalue weighted by atomic mass is 79.9. The molecule has 94 valence electrons. The number of halogens is 1. The van der Waals surface area contributed by atoms with E-state index in [1.54, 1.807) is 19.9 Å². The number of methoxy groups -OCH3 is 1. The average Bonchev–Trinajstić information content (AvgIpc) is 2.22. The Morgan fingerprint density at radius 3 is 2.53 bits per heavy atom. The maximum absolute atomic E-state index is 12.0. The van der Waals surface area contributed by atoms with E-state index >= 15 is 0 Å². The highest BCUT2D eigenvalue weighted by Crippen LogP contribution is 2.28. The first kappa shape index (κ1) is 14.0. The van der Waals surface area contributed by atoms with Crippen LogP contribution in [0.4, 0.5) is 11.4 Å². The van der Waals surface area contributed by atoms with E-state index in [9.17, 15) is 4.79 Å². The summed E-state index contributed by atoms with van der Waals surface area (Å²) in [6.45, 7) is 5.29. The van der Waals surface area contributed by atoms with Crippen molar-refractivity contribution >= 4 is 33.2 Å². The lowest BCUT2D eigenvalue weighted by atomic mass is 10.1. The fourth-order valence-corrected chi connectivity index (χ4v) is 1.89. The van der Waals surface area contributed by atoms with Gasteiger partial charge in [-0.3, -0.25) is 4.79 Å². The van der Waals surface area contributed by atoms with Crippen molar-refractivity contribution in [1.82, 2.24) is 0 Å². The van der Waals surface area contributed by atoms with Crippen LogP contribution in [0.5, 0.6) is 0 Å². The quantitative estimate of drug-likeness (QED) is 0.844. The predicted octanol–water partition coefficient (Wildman–Crippen LogP) is 2.70. The van der Waals surface area contributed by atoms with Gasteiger partial charge in [-0.2, -0.15) is 0 Å². The van der Waals surface area contributed by atoms with Gasteiger partial charge in [0, 0.05) is 11.6 Å². The van der Waals surface area contributed by atoms with Crippen molar-refractivity contribution in [2.45, 2.75) is 26.4 Å². The number of ether oxygens (including phenoxy) is 1. The number of amides is 1. The number of anilines is 2. The monoisotopic (exact) mass is 300 g/mol. The summed E-state index contributed by atoms with van der Waals surface area (Å²) in [5.74, 6) is -0.225. The van der Waals surface area contributed by atoms with Gasteiger partial charge in [0.05, 0.1) is 11.4 Å². The minimum absolute atomic E-state index is 0.225. The van der Waals surface area contributed by atoms with Crippen LogP contribution in [0.3, 0.4) is 0 Å². The molecule has 1 aromatic carbocycles. The van der Waals surface area contributed by atoms with Gasteiger partial charge in [-0.25, -0.2) is 0 Å². The molecule has 0 heterocycles. The fourth-order valence-electron chi connectivity index (χ4n) is 1.30. The molecule has 1 amide bonds. The zero-order valence-corrected chi connectivity index (χ0v) is 12.0. The topological polar surface area (TPSA) is 64.3 Å². The Morgan fingerprint density at radius 2 is 2.06 bits per heavy atom. The molecule has 3 N–H and O–H groups in total. The van der Waals surface area contributed by atoms with Crippen LogP contribution in [0.25, 0.3) is 0 Å². The molecule has 0 saturated heterocycles. The Hall–Kier alpha value is -1.07. The Labute approximate surface area is 110 Å². The fraction of sp³-hybridized carbons (Fsp3) is 0.417. The third-order valence-corrected chi connectivity index (χ3v) is 3.08. The number of benzene rings is 1. The van der Waals surface area contributed by atoms with E-state index in [2.05, 4.69) is 21.2 Å². The standard InChI is InChI=1S/C12H17BrN2O2/c1-7-5-8(13)6-9(14)10(7)15-11(16)12(2,3)17-4/h5-6H,14H2,1-4H3,(H,15,16). The van der Waals surface area contributed by atoms with Crippen LogP contribution in [-0.2, 0) is 9.53 Å². The number of hydrogen-bond donors (Lipinski definition) is 2. The summed E-state index contributed by atoms with van der Waals surface area (Å²) in [6, 6.07) is 3.65. The summed E-state index contributed by atoms with van der Waals surface area (Å²) < 4.78 is 6.00. The van der Waals surface area contributed by atoms with E-state index in [0.717, 1.165) is 10.0 Å². The van der Waals surface area contributed by atoms with Crippen LogP contribution in [0.15, 0.2) is 16.6 Å². The summed E-state index contributed by atoms with van der Waals surface area (Å²) in [7, 11) is 1.50. The molecule has 1 aromatic rings. The third-order valence-electron chi connectivity index (χ3n) is 2.63. The summed E-state index contributed by atoms with van der Waals surface area (Å²) in [4.78, 5) is 12.0. The molecule has 0 aliphatic heterocycles. The highest BCUT2D eigenvalue weighted by Gasteiger charge is 2.27. The first-order chi connectivity index (χ1) is 7.77. The second-order valence-corrected chi connectivity index (χ2v) is 5.27. The Balaban J connectivity index is 3.01. The molecular weight excluding hydrogens is 284 g/mol. The van der Waals surface area contributed by atoms with Crippen molar-refractivity contribution in [3.63, 3.8) is 0 Å². The van der Waals surface area contributed by atoms with Crippen molar-refractivity contribution in [2.24, 2.45) is 0 Å². The van der Waals surface area contributed by atoms with Crippen molar-refractivity contribution in [1.29, 1.82) is 0 Å². The first-order valence-electron chi connectivity index (χ1n) is 5.20. The average molecular weight is 301 g/mol. The number of hydrogen-bond acceptors (Lipinski definition) is 3. The zero-order valence-electron chi connectivity index (χ0n) is 10.4. The largest absolute Gasteiger partial charge is 0.397 e. The van der Waals surface area contributed by atoms with Gasteiger partial charge in [-0.1, -0.05) is 15.9 Å². The molecule has 0 aromatic heterocycles. The molecule has 0 unspecified atom stereocenters. The normalized spacial score (nSPS) is 11.4. The van der Waals surface area contributed by atoms with Gasteiger partial charge in [0.15, 0.2) is 0 Å². The van der Waals surface area contributed by atoms with E-state index in [0.29, 0.717) is 11.4 Å².